The Hall–Kier alpha value is -2.89. The van der Waals surface area contributed by atoms with Gasteiger partial charge in [-0.25, -0.2) is 4.39 Å². The van der Waals surface area contributed by atoms with Gasteiger partial charge in [-0.05, 0) is 37.5 Å². The molecule has 1 aliphatic carbocycles. The second-order valence-electron chi connectivity index (χ2n) is 7.01. The summed E-state index contributed by atoms with van der Waals surface area (Å²) < 4.78 is 31.0. The van der Waals surface area contributed by atoms with Gasteiger partial charge in [-0.15, -0.1) is 0 Å². The summed E-state index contributed by atoms with van der Waals surface area (Å²) in [5.74, 6) is 0.203. The summed E-state index contributed by atoms with van der Waals surface area (Å²) in [7, 11) is 2.91. The molecular weight excluding hydrogens is 375 g/mol. The Morgan fingerprint density at radius 3 is 2.24 bits per heavy atom. The van der Waals surface area contributed by atoms with E-state index in [0.717, 1.165) is 0 Å². The third-order valence-electron chi connectivity index (χ3n) is 5.79. The number of Topliss-reactive ketones (excluding diaryl/α,β-unsaturated/α-hetero) is 1. The molecule has 5 nitrogen and oxygen atoms in total. The minimum atomic E-state index is -0.733. The van der Waals surface area contributed by atoms with Gasteiger partial charge in [-0.3, -0.25) is 9.59 Å². The van der Waals surface area contributed by atoms with E-state index in [9.17, 15) is 14.0 Å². The lowest BCUT2D eigenvalue weighted by molar-refractivity contribution is 0.0975. The number of fused-ring (bicyclic) bond motifs is 1. The van der Waals surface area contributed by atoms with Crippen LogP contribution in [0, 0.1) is 5.82 Å². The lowest BCUT2D eigenvalue weighted by atomic mass is 9.69. The molecule has 1 aromatic heterocycles. The topological polar surface area (TPSA) is 65.7 Å². The zero-order chi connectivity index (χ0) is 21.3. The maximum Gasteiger partial charge on any atom is 0.199 e. The molecule has 1 aromatic carbocycles. The molecule has 154 valence electrons. The van der Waals surface area contributed by atoms with E-state index in [-0.39, 0.29) is 22.9 Å². The predicted octanol–water partition coefficient (Wildman–Crippen LogP) is 5.02. The molecule has 0 aliphatic heterocycles. The van der Waals surface area contributed by atoms with Crippen molar-refractivity contribution in [1.29, 1.82) is 0 Å². The average molecular weight is 400 g/mol. The second-order valence-corrected chi connectivity index (χ2v) is 7.01. The zero-order valence-electron chi connectivity index (χ0n) is 17.3. The first-order valence-electron chi connectivity index (χ1n) is 9.73. The average Bonchev–Trinajstić information content (AvgIpc) is 2.73. The van der Waals surface area contributed by atoms with Crippen molar-refractivity contribution in [3.05, 3.63) is 63.0 Å². The molecule has 0 radical (unpaired) electrons. The summed E-state index contributed by atoms with van der Waals surface area (Å²) in [5.41, 5.74) is -0.233. The molecule has 0 amide bonds. The summed E-state index contributed by atoms with van der Waals surface area (Å²) in [4.78, 5) is 26.1. The van der Waals surface area contributed by atoms with E-state index < -0.39 is 16.7 Å². The number of halogens is 1. The van der Waals surface area contributed by atoms with Crippen LogP contribution >= 0.6 is 0 Å². The van der Waals surface area contributed by atoms with Crippen molar-refractivity contribution in [2.75, 3.05) is 14.2 Å². The molecule has 0 atom stereocenters. The van der Waals surface area contributed by atoms with Gasteiger partial charge in [-0.1, -0.05) is 20.8 Å². The standard InChI is InChI=1S/C23H25FO5/c1-6-14-20(26)19-16(25)12-18(13-9-10-17(27-4)15(24)11-13)29-22(19)23(7-2,8-3)21(14)28-5/h9-12H,6-8H2,1-5H3. The van der Waals surface area contributed by atoms with Crippen molar-refractivity contribution < 1.29 is 23.1 Å². The van der Waals surface area contributed by atoms with E-state index in [1.54, 1.807) is 6.07 Å². The lowest BCUT2D eigenvalue weighted by Gasteiger charge is -2.37. The van der Waals surface area contributed by atoms with Crippen LogP contribution in [0.1, 0.15) is 56.2 Å². The maximum atomic E-state index is 14.2. The molecule has 0 bridgehead atoms. The van der Waals surface area contributed by atoms with Crippen LogP contribution in [0.4, 0.5) is 4.39 Å². The highest BCUT2D eigenvalue weighted by Crippen LogP contribution is 2.47. The first-order chi connectivity index (χ1) is 13.9. The number of carbonyl (C=O) groups is 1. The highest BCUT2D eigenvalue weighted by atomic mass is 19.1. The van der Waals surface area contributed by atoms with Crippen LogP contribution < -0.4 is 10.2 Å². The van der Waals surface area contributed by atoms with E-state index in [0.29, 0.717) is 41.9 Å². The summed E-state index contributed by atoms with van der Waals surface area (Å²) >= 11 is 0. The molecule has 0 fully saturated rings. The summed E-state index contributed by atoms with van der Waals surface area (Å²) in [6.45, 7) is 5.80. The Balaban J connectivity index is 2.33. The number of carbonyl (C=O) groups excluding carboxylic acids is 1. The van der Waals surface area contributed by atoms with E-state index in [2.05, 4.69) is 0 Å². The van der Waals surface area contributed by atoms with Crippen LogP contribution in [0.25, 0.3) is 11.3 Å². The minimum absolute atomic E-state index is 0.0454. The molecule has 0 saturated carbocycles. The Morgan fingerprint density at radius 1 is 1.03 bits per heavy atom. The van der Waals surface area contributed by atoms with Gasteiger partial charge >= 0.3 is 0 Å². The molecule has 0 N–H and O–H groups in total. The second kappa shape index (κ2) is 7.85. The number of allylic oxidation sites excluding steroid dienone is 2. The fourth-order valence-electron chi connectivity index (χ4n) is 4.19. The van der Waals surface area contributed by atoms with Gasteiger partial charge in [0.05, 0.1) is 19.6 Å². The van der Waals surface area contributed by atoms with Gasteiger partial charge < -0.3 is 13.9 Å². The molecule has 3 rings (SSSR count). The highest BCUT2D eigenvalue weighted by Gasteiger charge is 2.47. The number of ether oxygens (including phenoxy) is 2. The smallest absolute Gasteiger partial charge is 0.199 e. The molecule has 29 heavy (non-hydrogen) atoms. The van der Waals surface area contributed by atoms with Crippen LogP contribution in [0.3, 0.4) is 0 Å². The van der Waals surface area contributed by atoms with Gasteiger partial charge in [0.1, 0.15) is 22.8 Å². The third-order valence-corrected chi connectivity index (χ3v) is 5.79. The zero-order valence-corrected chi connectivity index (χ0v) is 17.3. The molecule has 1 aliphatic rings. The maximum absolute atomic E-state index is 14.2. The summed E-state index contributed by atoms with van der Waals surface area (Å²) in [6, 6.07) is 5.58. The number of methoxy groups -OCH3 is 2. The molecular formula is C23H25FO5. The van der Waals surface area contributed by atoms with Crippen molar-refractivity contribution in [2.24, 2.45) is 0 Å². The van der Waals surface area contributed by atoms with Crippen molar-refractivity contribution in [2.45, 2.75) is 45.4 Å². The molecule has 1 heterocycles. The van der Waals surface area contributed by atoms with E-state index in [4.69, 9.17) is 13.9 Å². The van der Waals surface area contributed by atoms with Crippen molar-refractivity contribution in [1.82, 2.24) is 0 Å². The summed E-state index contributed by atoms with van der Waals surface area (Å²) in [6.07, 6.45) is 1.62. The van der Waals surface area contributed by atoms with Crippen LogP contribution in [-0.4, -0.2) is 20.0 Å². The molecule has 2 aromatic rings. The largest absolute Gasteiger partial charge is 0.500 e. The fraction of sp³-hybridized carbons (Fsp3) is 0.391. The fourth-order valence-corrected chi connectivity index (χ4v) is 4.19. The minimum Gasteiger partial charge on any atom is -0.500 e. The first kappa shape index (κ1) is 20.8. The lowest BCUT2D eigenvalue weighted by Crippen LogP contribution is -2.39. The Bertz CT molecular complexity index is 1040. The highest BCUT2D eigenvalue weighted by molar-refractivity contribution is 6.11. The SMILES string of the molecule is CCC1=C(OC)C(CC)(CC)c2oc(-c3ccc(OC)c(F)c3)cc(=O)c2C1=O. The van der Waals surface area contributed by atoms with E-state index in [1.807, 2.05) is 20.8 Å². The Labute approximate surface area is 169 Å². The molecule has 6 heteroatoms. The number of rotatable bonds is 6. The Kier molecular flexibility index (Phi) is 5.64. The van der Waals surface area contributed by atoms with Crippen molar-refractivity contribution >= 4 is 5.78 Å². The van der Waals surface area contributed by atoms with Crippen LogP contribution in [0.15, 0.2) is 44.8 Å². The van der Waals surface area contributed by atoms with E-state index >= 15 is 0 Å². The molecule has 0 spiro atoms. The van der Waals surface area contributed by atoms with Crippen LogP contribution in [0.5, 0.6) is 5.75 Å². The van der Waals surface area contributed by atoms with Gasteiger partial charge in [-0.2, -0.15) is 0 Å². The molecule has 0 saturated heterocycles. The number of hydrogen-bond acceptors (Lipinski definition) is 5. The Morgan fingerprint density at radius 2 is 1.72 bits per heavy atom. The van der Waals surface area contributed by atoms with Crippen molar-refractivity contribution in [3.63, 3.8) is 0 Å². The van der Waals surface area contributed by atoms with E-state index in [1.165, 1.54) is 32.4 Å². The first-order valence-corrected chi connectivity index (χ1v) is 9.73. The summed E-state index contributed by atoms with van der Waals surface area (Å²) in [5, 5.41) is 0. The van der Waals surface area contributed by atoms with Crippen LogP contribution in [-0.2, 0) is 10.2 Å². The van der Waals surface area contributed by atoms with Gasteiger partial charge in [0.15, 0.2) is 22.8 Å². The van der Waals surface area contributed by atoms with Gasteiger partial charge in [0.25, 0.3) is 0 Å². The van der Waals surface area contributed by atoms with Gasteiger partial charge in [0.2, 0.25) is 0 Å². The van der Waals surface area contributed by atoms with Crippen LogP contribution in [0.2, 0.25) is 0 Å². The number of ketones is 1. The monoisotopic (exact) mass is 400 g/mol. The quantitative estimate of drug-likeness (QED) is 0.681. The molecule has 0 unspecified atom stereocenters. The van der Waals surface area contributed by atoms with Crippen molar-refractivity contribution in [3.8, 4) is 17.1 Å². The normalized spacial score (nSPS) is 15.3. The predicted molar refractivity (Wildman–Crippen MR) is 108 cm³/mol. The third kappa shape index (κ3) is 3.07. The number of hydrogen-bond donors (Lipinski definition) is 0. The number of benzene rings is 1. The van der Waals surface area contributed by atoms with Gasteiger partial charge in [0, 0.05) is 17.2 Å².